The monoisotopic (exact) mass is 1750 g/mol. The van der Waals surface area contributed by atoms with Crippen molar-refractivity contribution in [3.05, 3.63) is 194 Å². The zero-order chi connectivity index (χ0) is 90.6. The number of nitrogens with zero attached hydrogens (tertiary/aromatic N) is 4. The van der Waals surface area contributed by atoms with E-state index >= 15 is 24.0 Å². The maximum atomic E-state index is 15.7. The second kappa shape index (κ2) is 50.1. The zero-order valence-electron chi connectivity index (χ0n) is 74.4. The van der Waals surface area contributed by atoms with Gasteiger partial charge in [-0.15, -0.1) is 0 Å². The first-order valence-electron chi connectivity index (χ1n) is 46.9. The van der Waals surface area contributed by atoms with Crippen molar-refractivity contribution >= 4 is 157 Å². The highest BCUT2D eigenvalue weighted by atomic mass is 16.4. The normalized spacial score (nSPS) is 13.5. The molecule has 12 aromatic rings. The number of hydrogen-bond donors (Lipinski definition) is 13. The van der Waals surface area contributed by atoms with Gasteiger partial charge >= 0.3 is 5.97 Å². The number of amides is 3. The minimum atomic E-state index is -1.16. The number of ketones is 4. The van der Waals surface area contributed by atoms with Gasteiger partial charge in [-0.05, 0) is 203 Å². The molecule has 0 saturated heterocycles. The standard InChI is InChI=1S/C104H130N16O9/c105-57-25-17-33-69(65-93(121)81(109)45-21-29-61-110-97-73-37-1-9-46-82(73)114-83-47-10-2-38-74(83)97)101(125)118-90(54-22-30-62-111-98-75-39-3-11-48-84(75)115-85-49-12-4-40-76(85)98)94(122)66-70(34-18-26-58-106)102(126)119-91(55-23-31-63-112-99-77-41-5-13-50-86(77)116-87-51-14-6-42-78(87)99)95(123)67-71(35-19-27-59-107)103(127)120-92(96(124)68-72(104(128)129)36-20-28-60-108)56-24-32-64-113-100-79-43-7-15-52-88(79)117-89-53-16-8-44-80(89)100/h1-16,37-44,46-53,69-72,81,90-92H,17-36,45,54-68,105-109H2,(H,110,114)(H,111,115)(H,112,116)(H,113,117)(H,118,125)(H,119,126)(H,120,127)(H,128,129). The molecule has 0 radical (unpaired) electrons. The van der Waals surface area contributed by atoms with Crippen LogP contribution >= 0.6 is 0 Å². The number of fused-ring (bicyclic) bond motifs is 8. The van der Waals surface area contributed by atoms with Crippen LogP contribution in [0.25, 0.3) is 87.2 Å². The Bertz CT molecular complexity index is 5560. The second-order valence-corrected chi connectivity index (χ2v) is 34.5. The summed E-state index contributed by atoms with van der Waals surface area (Å²) in [5.74, 6) is -8.14. The molecule has 0 spiro atoms. The van der Waals surface area contributed by atoms with Crippen LogP contribution in [0.1, 0.15) is 180 Å². The average Bonchev–Trinajstić information content (AvgIpc) is 0.791. The number of carbonyl (C=O) groups is 8. The molecule has 3 amide bonds. The van der Waals surface area contributed by atoms with Gasteiger partial charge in [-0.25, -0.2) is 19.9 Å². The Balaban J connectivity index is 0.783. The number of carbonyl (C=O) groups excluding carboxylic acids is 7. The maximum Gasteiger partial charge on any atom is 0.306 e. The lowest BCUT2D eigenvalue weighted by molar-refractivity contribution is -0.144. The minimum absolute atomic E-state index is 0.149. The third-order valence-corrected chi connectivity index (χ3v) is 25.1. The predicted octanol–water partition coefficient (Wildman–Crippen LogP) is 16.6. The number of nitrogens with two attached hydrogens (primary N) is 5. The fraction of sp³-hybridized carbons (Fsp3) is 0.423. The topological polar surface area (TPSA) is 423 Å². The van der Waals surface area contributed by atoms with E-state index in [1.807, 2.05) is 182 Å². The van der Waals surface area contributed by atoms with Crippen molar-refractivity contribution < 1.29 is 43.5 Å². The Kier molecular flexibility index (Phi) is 37.3. The molecule has 8 atom stereocenters. The summed E-state index contributed by atoms with van der Waals surface area (Å²) in [6, 6.07) is 59.3. The fourth-order valence-corrected chi connectivity index (χ4v) is 17.8. The molecule has 680 valence electrons. The number of Topliss-reactive ketones (excluding diaryl/α,β-unsaturated/α-hetero) is 4. The minimum Gasteiger partial charge on any atom is -0.481 e. The highest BCUT2D eigenvalue weighted by molar-refractivity contribution is 6.11. The van der Waals surface area contributed by atoms with Crippen molar-refractivity contribution in [2.24, 2.45) is 52.3 Å². The van der Waals surface area contributed by atoms with Gasteiger partial charge in [-0.1, -0.05) is 171 Å². The van der Waals surface area contributed by atoms with E-state index in [-0.39, 0.29) is 70.0 Å². The highest BCUT2D eigenvalue weighted by Gasteiger charge is 2.36. The van der Waals surface area contributed by atoms with Crippen LogP contribution in [0.4, 0.5) is 22.7 Å². The number of nitrogens with one attached hydrogen (secondary N) is 7. The van der Waals surface area contributed by atoms with E-state index in [4.69, 9.17) is 48.6 Å². The predicted molar refractivity (Wildman–Crippen MR) is 522 cm³/mol. The molecule has 0 aliphatic carbocycles. The number of benzene rings is 8. The van der Waals surface area contributed by atoms with Gasteiger partial charge < -0.3 is 71.0 Å². The summed E-state index contributed by atoms with van der Waals surface area (Å²) >= 11 is 0. The molecule has 4 heterocycles. The Hall–Kier alpha value is -12.0. The average molecular weight is 1750 g/mol. The summed E-state index contributed by atoms with van der Waals surface area (Å²) in [7, 11) is 0. The van der Waals surface area contributed by atoms with Crippen molar-refractivity contribution in [3.63, 3.8) is 0 Å². The van der Waals surface area contributed by atoms with E-state index < -0.39 is 88.9 Å². The molecule has 8 unspecified atom stereocenters. The molecule has 0 bridgehead atoms. The van der Waals surface area contributed by atoms with E-state index in [9.17, 15) is 19.5 Å². The summed E-state index contributed by atoms with van der Waals surface area (Å²) in [5.41, 5.74) is 41.4. The number of para-hydroxylation sites is 8. The highest BCUT2D eigenvalue weighted by Crippen LogP contribution is 2.37. The summed E-state index contributed by atoms with van der Waals surface area (Å²) in [6.45, 7) is 3.45. The molecule has 0 fully saturated rings. The first-order valence-corrected chi connectivity index (χ1v) is 46.9. The molecule has 25 nitrogen and oxygen atoms in total. The molecule has 0 aliphatic heterocycles. The Morgan fingerprint density at radius 1 is 0.256 bits per heavy atom. The number of aliphatic carboxylic acids is 1. The molecular formula is C104H130N16O9. The van der Waals surface area contributed by atoms with Crippen molar-refractivity contribution in [2.75, 3.05) is 73.6 Å². The van der Waals surface area contributed by atoms with E-state index in [0.717, 1.165) is 110 Å². The van der Waals surface area contributed by atoms with Gasteiger partial charge in [-0.3, -0.25) is 38.4 Å². The summed E-state index contributed by atoms with van der Waals surface area (Å²) in [5, 5.41) is 42.2. The van der Waals surface area contributed by atoms with Crippen molar-refractivity contribution in [3.8, 4) is 0 Å². The van der Waals surface area contributed by atoms with E-state index in [2.05, 4.69) is 49.4 Å². The van der Waals surface area contributed by atoms with Gasteiger partial charge in [0.2, 0.25) is 17.7 Å². The Labute approximate surface area is 756 Å². The van der Waals surface area contributed by atoms with E-state index in [1.165, 1.54) is 0 Å². The van der Waals surface area contributed by atoms with E-state index in [0.29, 0.717) is 168 Å². The molecule has 12 rings (SSSR count). The van der Waals surface area contributed by atoms with Crippen molar-refractivity contribution in [2.45, 2.75) is 204 Å². The van der Waals surface area contributed by atoms with Crippen LogP contribution in [-0.2, 0) is 38.4 Å². The molecule has 8 aromatic carbocycles. The number of anilines is 4. The number of rotatable bonds is 59. The summed E-state index contributed by atoms with van der Waals surface area (Å²) in [6.07, 6.45) is 9.26. The molecule has 129 heavy (non-hydrogen) atoms. The fourth-order valence-electron chi connectivity index (χ4n) is 17.8. The van der Waals surface area contributed by atoms with Gasteiger partial charge in [0.1, 0.15) is 5.78 Å². The van der Waals surface area contributed by atoms with Crippen LogP contribution < -0.4 is 65.9 Å². The molecule has 0 saturated carbocycles. The molecule has 18 N–H and O–H groups in total. The molecular weight excluding hydrogens is 1620 g/mol. The lowest BCUT2D eigenvalue weighted by Gasteiger charge is -2.27. The third kappa shape index (κ3) is 27.1. The van der Waals surface area contributed by atoms with Gasteiger partial charge in [0.05, 0.1) is 97.0 Å². The SMILES string of the molecule is NCCCCC(CC(=O)C(CCCCNc1c2ccccc2nc2ccccc12)NC(=O)C(CCCCN)CC(=O)C(CCCCNc1c2ccccc2nc2ccccc12)NC(=O)C(CCCCN)CC(=O)C(CCCCNc1c2ccccc2nc2ccccc12)NC(=O)C(CCCCN)CC(=O)C(N)CCCCNc1c2ccccc2nc2ccccc12)C(=O)O. The van der Waals surface area contributed by atoms with Crippen LogP contribution in [0, 0.1) is 23.7 Å². The second-order valence-electron chi connectivity index (χ2n) is 34.5. The van der Waals surface area contributed by atoms with Crippen LogP contribution in [0.15, 0.2) is 194 Å². The maximum absolute atomic E-state index is 15.7. The largest absolute Gasteiger partial charge is 0.481 e. The van der Waals surface area contributed by atoms with Gasteiger partial charge in [-0.2, -0.15) is 0 Å². The first kappa shape index (κ1) is 96.1. The van der Waals surface area contributed by atoms with Crippen LogP contribution in [0.5, 0.6) is 0 Å². The van der Waals surface area contributed by atoms with Crippen molar-refractivity contribution in [1.82, 2.24) is 35.9 Å². The first-order chi connectivity index (χ1) is 63.0. The van der Waals surface area contributed by atoms with Crippen LogP contribution in [-0.4, -0.2) is 148 Å². The Morgan fingerprint density at radius 3 is 0.690 bits per heavy atom. The number of carboxylic acid groups (broad SMARTS) is 1. The van der Waals surface area contributed by atoms with Crippen molar-refractivity contribution in [1.29, 1.82) is 0 Å². The molecule has 4 aromatic heterocycles. The third-order valence-electron chi connectivity index (χ3n) is 25.1. The summed E-state index contributed by atoms with van der Waals surface area (Å²) in [4.78, 5) is 139. The quantitative estimate of drug-likeness (QED) is 0.0124. The number of unbranched alkanes of at least 4 members (excludes halogenated alkanes) is 8. The van der Waals surface area contributed by atoms with Crippen LogP contribution in [0.2, 0.25) is 0 Å². The van der Waals surface area contributed by atoms with Gasteiger partial charge in [0.15, 0.2) is 17.3 Å². The molecule has 25 heteroatoms. The molecule has 0 aliphatic rings. The lowest BCUT2D eigenvalue weighted by atomic mass is 9.88. The van der Waals surface area contributed by atoms with Gasteiger partial charge in [0, 0.05) is 113 Å². The van der Waals surface area contributed by atoms with Crippen LogP contribution in [0.3, 0.4) is 0 Å². The smallest absolute Gasteiger partial charge is 0.306 e. The number of aromatic nitrogens is 4. The van der Waals surface area contributed by atoms with Gasteiger partial charge in [0.25, 0.3) is 0 Å². The Morgan fingerprint density at radius 2 is 0.457 bits per heavy atom. The number of carboxylic acids is 1. The number of hydrogen-bond acceptors (Lipinski definition) is 21. The zero-order valence-corrected chi connectivity index (χ0v) is 74.4. The summed E-state index contributed by atoms with van der Waals surface area (Å²) < 4.78 is 0. The van der Waals surface area contributed by atoms with E-state index in [1.54, 1.807) is 0 Å². The number of pyridine rings is 4. The lowest BCUT2D eigenvalue weighted by Crippen LogP contribution is -2.48.